The lowest BCUT2D eigenvalue weighted by molar-refractivity contribution is 0.628. The zero-order valence-corrected chi connectivity index (χ0v) is 9.37. The minimum Gasteiger partial charge on any atom is -0.378 e. The lowest BCUT2D eigenvalue weighted by atomic mass is 10.1. The minimum absolute atomic E-state index is 0.231. The summed E-state index contributed by atoms with van der Waals surface area (Å²) in [6, 6.07) is 15.5. The summed E-state index contributed by atoms with van der Waals surface area (Å²) in [6.07, 6.45) is 0. The van der Waals surface area contributed by atoms with E-state index in [1.165, 1.54) is 12.1 Å². The van der Waals surface area contributed by atoms with Gasteiger partial charge in [0.05, 0.1) is 0 Å². The Morgan fingerprint density at radius 3 is 2.31 bits per heavy atom. The summed E-state index contributed by atoms with van der Waals surface area (Å²) in [5.41, 5.74) is 2.88. The predicted molar refractivity (Wildman–Crippen MR) is 65.0 cm³/mol. The quantitative estimate of drug-likeness (QED) is 0.741. The van der Waals surface area contributed by atoms with Crippen molar-refractivity contribution in [2.45, 2.75) is 0 Å². The second kappa shape index (κ2) is 4.35. The van der Waals surface area contributed by atoms with Crippen LogP contribution in [0.1, 0.15) is 0 Å². The maximum absolute atomic E-state index is 13.0. The number of halogens is 1. The lowest BCUT2D eigenvalue weighted by Crippen LogP contribution is -2.07. The van der Waals surface area contributed by atoms with Crippen molar-refractivity contribution < 1.29 is 4.39 Å². The van der Waals surface area contributed by atoms with E-state index in [4.69, 9.17) is 0 Å². The van der Waals surface area contributed by atoms with Gasteiger partial charge in [-0.2, -0.15) is 0 Å². The molecular weight excluding hydrogens is 201 g/mol. The van der Waals surface area contributed by atoms with Gasteiger partial charge in [-0.1, -0.05) is 18.2 Å². The highest BCUT2D eigenvalue weighted by Crippen LogP contribution is 2.22. The molecule has 2 rings (SSSR count). The smallest absolute Gasteiger partial charge is 0.123 e. The summed E-state index contributed by atoms with van der Waals surface area (Å²) in [4.78, 5) is 2.03. The molecule has 0 aromatic heterocycles. The molecule has 81 valence electrons. The van der Waals surface area contributed by atoms with E-state index >= 15 is 0 Å². The lowest BCUT2D eigenvalue weighted by Gasteiger charge is -2.12. The van der Waals surface area contributed by atoms with E-state index in [-0.39, 0.29) is 5.82 Å². The number of benzene rings is 2. The summed E-state index contributed by atoms with van der Waals surface area (Å²) >= 11 is 0. The maximum atomic E-state index is 13.0. The molecule has 0 bridgehead atoms. The molecule has 1 nitrogen and oxygen atoms in total. The van der Waals surface area contributed by atoms with Gasteiger partial charge in [0.2, 0.25) is 0 Å². The standard InChI is InChI=1S/C14H13FN/c1-16(2)14-8-6-11(7-9-14)12-4-3-5-13(15)10-12/h3,5-10H,1-2H3. The highest BCUT2D eigenvalue weighted by atomic mass is 19.1. The van der Waals surface area contributed by atoms with Gasteiger partial charge in [0.25, 0.3) is 0 Å². The molecule has 0 saturated heterocycles. The fourth-order valence-corrected chi connectivity index (χ4v) is 1.54. The highest BCUT2D eigenvalue weighted by Gasteiger charge is 2.00. The van der Waals surface area contributed by atoms with Crippen LogP contribution in [0.15, 0.2) is 42.5 Å². The third-order valence-electron chi connectivity index (χ3n) is 2.46. The second-order valence-electron chi connectivity index (χ2n) is 3.86. The van der Waals surface area contributed by atoms with Crippen LogP contribution in [0, 0.1) is 11.9 Å². The average molecular weight is 214 g/mol. The Balaban J connectivity index is 2.35. The average Bonchev–Trinajstić information content (AvgIpc) is 2.29. The van der Waals surface area contributed by atoms with Crippen molar-refractivity contribution >= 4 is 5.69 Å². The molecule has 2 aromatic rings. The molecule has 0 aliphatic carbocycles. The van der Waals surface area contributed by atoms with Gasteiger partial charge in [-0.25, -0.2) is 4.39 Å². The molecule has 0 fully saturated rings. The largest absolute Gasteiger partial charge is 0.378 e. The van der Waals surface area contributed by atoms with Gasteiger partial charge >= 0.3 is 0 Å². The summed E-state index contributed by atoms with van der Waals surface area (Å²) < 4.78 is 13.0. The normalized spacial score (nSPS) is 10.2. The predicted octanol–water partition coefficient (Wildman–Crippen LogP) is 3.36. The summed E-state index contributed by atoms with van der Waals surface area (Å²) in [5.74, 6) is -0.231. The zero-order valence-electron chi connectivity index (χ0n) is 9.37. The van der Waals surface area contributed by atoms with Crippen LogP contribution in [0.2, 0.25) is 0 Å². The van der Waals surface area contributed by atoms with Crippen LogP contribution in [-0.2, 0) is 0 Å². The Morgan fingerprint density at radius 2 is 1.75 bits per heavy atom. The highest BCUT2D eigenvalue weighted by molar-refractivity contribution is 5.65. The van der Waals surface area contributed by atoms with E-state index in [9.17, 15) is 4.39 Å². The fourth-order valence-electron chi connectivity index (χ4n) is 1.54. The van der Waals surface area contributed by atoms with Gasteiger partial charge in [0.1, 0.15) is 5.82 Å². The van der Waals surface area contributed by atoms with Crippen LogP contribution in [0.4, 0.5) is 10.1 Å². The van der Waals surface area contributed by atoms with Crippen molar-refractivity contribution in [1.82, 2.24) is 0 Å². The van der Waals surface area contributed by atoms with Crippen LogP contribution in [0.3, 0.4) is 0 Å². The topological polar surface area (TPSA) is 3.24 Å². The van der Waals surface area contributed by atoms with Crippen molar-refractivity contribution in [2.24, 2.45) is 0 Å². The Morgan fingerprint density at radius 1 is 1.06 bits per heavy atom. The monoisotopic (exact) mass is 214 g/mol. The number of anilines is 1. The van der Waals surface area contributed by atoms with E-state index in [0.717, 1.165) is 16.8 Å². The van der Waals surface area contributed by atoms with Crippen molar-refractivity contribution in [1.29, 1.82) is 0 Å². The maximum Gasteiger partial charge on any atom is 0.123 e. The van der Waals surface area contributed by atoms with Crippen LogP contribution in [0.25, 0.3) is 11.1 Å². The molecule has 1 radical (unpaired) electrons. The molecule has 0 unspecified atom stereocenters. The molecule has 2 heteroatoms. The summed E-state index contributed by atoms with van der Waals surface area (Å²) in [5, 5.41) is 0. The van der Waals surface area contributed by atoms with E-state index in [1.54, 1.807) is 6.07 Å². The number of nitrogens with zero attached hydrogens (tertiary/aromatic N) is 1. The van der Waals surface area contributed by atoms with Crippen LogP contribution in [0.5, 0.6) is 0 Å². The van der Waals surface area contributed by atoms with Crippen LogP contribution >= 0.6 is 0 Å². The number of hydrogen-bond acceptors (Lipinski definition) is 1. The van der Waals surface area contributed by atoms with Gasteiger partial charge < -0.3 is 4.90 Å². The Hall–Kier alpha value is -1.83. The second-order valence-corrected chi connectivity index (χ2v) is 3.86. The van der Waals surface area contributed by atoms with Crippen molar-refractivity contribution in [3.63, 3.8) is 0 Å². The third-order valence-corrected chi connectivity index (χ3v) is 2.46. The van der Waals surface area contributed by atoms with Gasteiger partial charge in [0, 0.05) is 19.8 Å². The van der Waals surface area contributed by atoms with E-state index < -0.39 is 0 Å². The molecule has 0 aliphatic heterocycles. The molecule has 0 atom stereocenters. The molecule has 0 N–H and O–H groups in total. The first-order valence-electron chi connectivity index (χ1n) is 5.12. The van der Waals surface area contributed by atoms with Crippen LogP contribution < -0.4 is 4.90 Å². The van der Waals surface area contributed by atoms with Gasteiger partial charge in [-0.3, -0.25) is 0 Å². The number of hydrogen-bond donors (Lipinski definition) is 0. The first kappa shape index (κ1) is 10.7. The molecular formula is C14H13FN. The molecule has 0 heterocycles. The van der Waals surface area contributed by atoms with Crippen LogP contribution in [-0.4, -0.2) is 14.1 Å². The van der Waals surface area contributed by atoms with Crippen molar-refractivity contribution in [3.05, 3.63) is 54.3 Å². The van der Waals surface area contributed by atoms with Crippen molar-refractivity contribution in [3.8, 4) is 11.1 Å². The van der Waals surface area contributed by atoms with Crippen molar-refractivity contribution in [2.75, 3.05) is 19.0 Å². The van der Waals surface area contributed by atoms with E-state index in [2.05, 4.69) is 6.07 Å². The molecule has 0 amide bonds. The van der Waals surface area contributed by atoms with Gasteiger partial charge in [-0.05, 0) is 41.5 Å². The molecule has 0 spiro atoms. The summed E-state index contributed by atoms with van der Waals surface area (Å²) in [7, 11) is 3.98. The summed E-state index contributed by atoms with van der Waals surface area (Å²) in [6.45, 7) is 0. The molecule has 0 aliphatic rings. The Labute approximate surface area is 95.1 Å². The molecule has 2 aromatic carbocycles. The van der Waals surface area contributed by atoms with Gasteiger partial charge in [0.15, 0.2) is 0 Å². The van der Waals surface area contributed by atoms with E-state index in [1.807, 2.05) is 43.3 Å². The van der Waals surface area contributed by atoms with E-state index in [0.29, 0.717) is 0 Å². The SMILES string of the molecule is CN(C)c1ccc(-c2[c]ccc(F)c2)cc1. The first-order valence-corrected chi connectivity index (χ1v) is 5.12. The Kier molecular flexibility index (Phi) is 2.91. The fraction of sp³-hybridized carbons (Fsp3) is 0.143. The third kappa shape index (κ3) is 2.22. The molecule has 16 heavy (non-hydrogen) atoms. The number of rotatable bonds is 2. The zero-order chi connectivity index (χ0) is 11.5. The Bertz CT molecular complexity index is 474. The molecule has 0 saturated carbocycles. The minimum atomic E-state index is -0.231. The first-order chi connectivity index (χ1) is 7.66. The van der Waals surface area contributed by atoms with Gasteiger partial charge in [-0.15, -0.1) is 0 Å².